The van der Waals surface area contributed by atoms with E-state index >= 15 is 0 Å². The molecule has 0 aliphatic heterocycles. The predicted molar refractivity (Wildman–Crippen MR) is 60.0 cm³/mol. The van der Waals surface area contributed by atoms with Gasteiger partial charge in [0.15, 0.2) is 5.82 Å². The van der Waals surface area contributed by atoms with E-state index in [1.54, 1.807) is 18.2 Å². The van der Waals surface area contributed by atoms with Gasteiger partial charge in [-0.15, -0.1) is 0 Å². The molecule has 0 bridgehead atoms. The topological polar surface area (TPSA) is 45.8 Å². The van der Waals surface area contributed by atoms with E-state index in [1.807, 2.05) is 6.92 Å². The van der Waals surface area contributed by atoms with Gasteiger partial charge in [0.05, 0.1) is 11.9 Å². The molecule has 0 saturated heterocycles. The van der Waals surface area contributed by atoms with Crippen LogP contribution in [0, 0.1) is 12.7 Å². The number of aromatic nitrogens is 2. The molecule has 0 spiro atoms. The second kappa shape index (κ2) is 4.06. The number of benzene rings is 1. The first-order valence-corrected chi connectivity index (χ1v) is 4.97. The molecule has 82 valence electrons. The van der Waals surface area contributed by atoms with E-state index in [0.717, 1.165) is 11.8 Å². The highest BCUT2D eigenvalue weighted by Gasteiger charge is 2.07. The fourth-order valence-corrected chi connectivity index (χ4v) is 1.52. The SMILES string of the molecule is Cc1ccc(-c2[nH]c(=O)ncc2F)cc1Cl. The second-order valence-corrected chi connectivity index (χ2v) is 3.78. The van der Waals surface area contributed by atoms with E-state index < -0.39 is 11.5 Å². The number of aryl methyl sites for hydroxylation is 1. The summed E-state index contributed by atoms with van der Waals surface area (Å²) in [6.45, 7) is 1.85. The van der Waals surface area contributed by atoms with Crippen LogP contribution in [0.15, 0.2) is 29.2 Å². The van der Waals surface area contributed by atoms with Crippen molar-refractivity contribution in [3.63, 3.8) is 0 Å². The highest BCUT2D eigenvalue weighted by Crippen LogP contribution is 2.24. The van der Waals surface area contributed by atoms with Crippen LogP contribution >= 0.6 is 11.6 Å². The number of nitrogens with zero attached hydrogens (tertiary/aromatic N) is 1. The van der Waals surface area contributed by atoms with E-state index in [4.69, 9.17) is 11.6 Å². The number of hydrogen-bond donors (Lipinski definition) is 1. The lowest BCUT2D eigenvalue weighted by molar-refractivity contribution is 0.615. The Bertz CT molecular complexity index is 595. The van der Waals surface area contributed by atoms with E-state index in [1.165, 1.54) is 0 Å². The number of rotatable bonds is 1. The number of hydrogen-bond acceptors (Lipinski definition) is 2. The predicted octanol–water partition coefficient (Wildman–Crippen LogP) is 2.54. The maximum Gasteiger partial charge on any atom is 0.345 e. The Balaban J connectivity index is 2.62. The van der Waals surface area contributed by atoms with Crippen molar-refractivity contribution in [3.05, 3.63) is 51.3 Å². The molecule has 1 N–H and O–H groups in total. The van der Waals surface area contributed by atoms with E-state index in [9.17, 15) is 9.18 Å². The molecule has 0 aliphatic carbocycles. The Morgan fingerprint density at radius 2 is 2.19 bits per heavy atom. The van der Waals surface area contributed by atoms with Gasteiger partial charge in [-0.2, -0.15) is 4.98 Å². The molecular formula is C11H8ClFN2O. The molecule has 0 radical (unpaired) electrons. The van der Waals surface area contributed by atoms with Crippen LogP contribution in [0.2, 0.25) is 5.02 Å². The molecule has 1 heterocycles. The normalized spacial score (nSPS) is 10.4. The fourth-order valence-electron chi connectivity index (χ4n) is 1.34. The molecule has 0 amide bonds. The third-order valence-corrected chi connectivity index (χ3v) is 2.63. The maximum absolute atomic E-state index is 13.4. The molecule has 3 nitrogen and oxygen atoms in total. The van der Waals surface area contributed by atoms with Gasteiger partial charge in [0, 0.05) is 10.6 Å². The zero-order valence-electron chi connectivity index (χ0n) is 8.42. The van der Waals surface area contributed by atoms with Gasteiger partial charge >= 0.3 is 5.69 Å². The van der Waals surface area contributed by atoms with Crippen molar-refractivity contribution in [2.75, 3.05) is 0 Å². The van der Waals surface area contributed by atoms with E-state index in [-0.39, 0.29) is 5.69 Å². The van der Waals surface area contributed by atoms with Gasteiger partial charge in [-0.3, -0.25) is 0 Å². The van der Waals surface area contributed by atoms with Crippen molar-refractivity contribution >= 4 is 11.6 Å². The Hall–Kier alpha value is -1.68. The highest BCUT2D eigenvalue weighted by atomic mass is 35.5. The number of nitrogens with one attached hydrogen (secondary N) is 1. The van der Waals surface area contributed by atoms with Crippen molar-refractivity contribution < 1.29 is 4.39 Å². The average Bonchev–Trinajstić information content (AvgIpc) is 2.26. The van der Waals surface area contributed by atoms with Crippen LogP contribution < -0.4 is 5.69 Å². The van der Waals surface area contributed by atoms with Gasteiger partial charge in [0.1, 0.15) is 0 Å². The number of halogens is 2. The summed E-state index contributed by atoms with van der Waals surface area (Å²) in [6, 6.07) is 5.05. The first-order valence-electron chi connectivity index (χ1n) is 4.59. The van der Waals surface area contributed by atoms with E-state index in [2.05, 4.69) is 9.97 Å². The molecule has 1 aromatic carbocycles. The molecule has 0 atom stereocenters. The minimum absolute atomic E-state index is 0.0990. The fraction of sp³-hybridized carbons (Fsp3) is 0.0909. The molecule has 2 rings (SSSR count). The lowest BCUT2D eigenvalue weighted by Gasteiger charge is -2.04. The molecular weight excluding hydrogens is 231 g/mol. The summed E-state index contributed by atoms with van der Waals surface area (Å²) in [4.78, 5) is 16.6. The quantitative estimate of drug-likeness (QED) is 0.830. The zero-order chi connectivity index (χ0) is 11.7. The summed E-state index contributed by atoms with van der Waals surface area (Å²) in [7, 11) is 0. The van der Waals surface area contributed by atoms with Gasteiger partial charge in [-0.25, -0.2) is 9.18 Å². The van der Waals surface area contributed by atoms with Crippen LogP contribution in [0.4, 0.5) is 4.39 Å². The number of H-pyrrole nitrogens is 1. The minimum Gasteiger partial charge on any atom is -0.303 e. The smallest absolute Gasteiger partial charge is 0.303 e. The third-order valence-electron chi connectivity index (χ3n) is 2.23. The molecule has 0 aliphatic rings. The van der Waals surface area contributed by atoms with Crippen LogP contribution in [0.3, 0.4) is 0 Å². The first kappa shape index (κ1) is 10.8. The van der Waals surface area contributed by atoms with Crippen LogP contribution in [0.25, 0.3) is 11.3 Å². The van der Waals surface area contributed by atoms with Crippen molar-refractivity contribution in [2.45, 2.75) is 6.92 Å². The lowest BCUT2D eigenvalue weighted by Crippen LogP contribution is -2.11. The van der Waals surface area contributed by atoms with Crippen LogP contribution in [-0.2, 0) is 0 Å². The standard InChI is InChI=1S/C11H8ClFN2O/c1-6-2-3-7(4-8(6)12)10-9(13)5-14-11(16)15-10/h2-5H,1H3,(H,14,15,16). The summed E-state index contributed by atoms with van der Waals surface area (Å²) < 4.78 is 13.4. The van der Waals surface area contributed by atoms with Crippen LogP contribution in [0.5, 0.6) is 0 Å². The molecule has 0 saturated carbocycles. The van der Waals surface area contributed by atoms with Gasteiger partial charge in [0.2, 0.25) is 0 Å². The van der Waals surface area contributed by atoms with Gasteiger partial charge in [-0.05, 0) is 18.6 Å². The molecule has 0 fully saturated rings. The molecule has 16 heavy (non-hydrogen) atoms. The zero-order valence-corrected chi connectivity index (χ0v) is 9.18. The minimum atomic E-state index is -0.590. The third kappa shape index (κ3) is 1.97. The van der Waals surface area contributed by atoms with Crippen LogP contribution in [-0.4, -0.2) is 9.97 Å². The Labute approximate surface area is 95.9 Å². The second-order valence-electron chi connectivity index (χ2n) is 3.38. The Morgan fingerprint density at radius 3 is 2.88 bits per heavy atom. The largest absolute Gasteiger partial charge is 0.345 e. The van der Waals surface area contributed by atoms with Crippen molar-refractivity contribution in [3.8, 4) is 11.3 Å². The highest BCUT2D eigenvalue weighted by molar-refractivity contribution is 6.31. The van der Waals surface area contributed by atoms with Gasteiger partial charge in [-0.1, -0.05) is 23.7 Å². The summed E-state index contributed by atoms with van der Waals surface area (Å²) in [5.41, 5.74) is 0.921. The summed E-state index contributed by atoms with van der Waals surface area (Å²) >= 11 is 5.93. The lowest BCUT2D eigenvalue weighted by atomic mass is 10.1. The van der Waals surface area contributed by atoms with E-state index in [0.29, 0.717) is 10.6 Å². The monoisotopic (exact) mass is 238 g/mol. The van der Waals surface area contributed by atoms with Crippen molar-refractivity contribution in [2.24, 2.45) is 0 Å². The Morgan fingerprint density at radius 1 is 1.44 bits per heavy atom. The molecule has 2 aromatic rings. The molecule has 5 heteroatoms. The maximum atomic E-state index is 13.4. The van der Waals surface area contributed by atoms with Crippen LogP contribution in [0.1, 0.15) is 5.56 Å². The number of aromatic amines is 1. The summed E-state index contributed by atoms with van der Waals surface area (Å²) in [5.74, 6) is -0.584. The van der Waals surface area contributed by atoms with Gasteiger partial charge in [0.25, 0.3) is 0 Å². The first-order chi connectivity index (χ1) is 7.58. The summed E-state index contributed by atoms with van der Waals surface area (Å²) in [5, 5.41) is 0.523. The van der Waals surface area contributed by atoms with Crippen molar-refractivity contribution in [1.82, 2.24) is 9.97 Å². The molecule has 1 aromatic heterocycles. The molecule has 0 unspecified atom stereocenters. The van der Waals surface area contributed by atoms with Gasteiger partial charge < -0.3 is 4.98 Å². The average molecular weight is 239 g/mol. The van der Waals surface area contributed by atoms with Crippen molar-refractivity contribution in [1.29, 1.82) is 0 Å². The summed E-state index contributed by atoms with van der Waals surface area (Å²) in [6.07, 6.45) is 0.891. The Kier molecular flexibility index (Phi) is 2.75.